The SMILES string of the molecule is CC(C)(C)CN/C=C(\C=N)c1ccc(C#N)nc1-c1ccn2c(F)cnc2c1. The predicted octanol–water partition coefficient (Wildman–Crippen LogP) is 4.03. The fraction of sp³-hybridized carbons (Fsp3) is 0.238. The average Bonchev–Trinajstić information content (AvgIpc) is 3.04. The molecule has 0 aliphatic carbocycles. The van der Waals surface area contributed by atoms with E-state index in [1.54, 1.807) is 36.7 Å². The van der Waals surface area contributed by atoms with Gasteiger partial charge in [-0.15, -0.1) is 0 Å². The lowest BCUT2D eigenvalue weighted by Gasteiger charge is -2.18. The third kappa shape index (κ3) is 4.07. The van der Waals surface area contributed by atoms with Gasteiger partial charge < -0.3 is 10.7 Å². The first-order valence-corrected chi connectivity index (χ1v) is 8.81. The van der Waals surface area contributed by atoms with Crippen LogP contribution in [0.5, 0.6) is 0 Å². The van der Waals surface area contributed by atoms with E-state index in [4.69, 9.17) is 5.41 Å². The molecule has 6 nitrogen and oxygen atoms in total. The summed E-state index contributed by atoms with van der Waals surface area (Å²) in [4.78, 5) is 8.48. The van der Waals surface area contributed by atoms with Crippen LogP contribution in [0.4, 0.5) is 4.39 Å². The molecule has 28 heavy (non-hydrogen) atoms. The van der Waals surface area contributed by atoms with Crippen molar-refractivity contribution in [3.8, 4) is 17.3 Å². The molecule has 0 bridgehead atoms. The van der Waals surface area contributed by atoms with Crippen molar-refractivity contribution in [1.29, 1.82) is 10.7 Å². The Morgan fingerprint density at radius 1 is 1.36 bits per heavy atom. The fourth-order valence-electron chi connectivity index (χ4n) is 2.74. The molecule has 7 heteroatoms. The van der Waals surface area contributed by atoms with Crippen LogP contribution in [0.15, 0.2) is 42.9 Å². The van der Waals surface area contributed by atoms with Crippen molar-refractivity contribution >= 4 is 17.4 Å². The van der Waals surface area contributed by atoms with E-state index in [9.17, 15) is 9.65 Å². The van der Waals surface area contributed by atoms with Gasteiger partial charge in [-0.05, 0) is 29.7 Å². The van der Waals surface area contributed by atoms with Gasteiger partial charge in [0.25, 0.3) is 0 Å². The smallest absolute Gasteiger partial charge is 0.217 e. The summed E-state index contributed by atoms with van der Waals surface area (Å²) in [5, 5.41) is 20.3. The highest BCUT2D eigenvalue weighted by Crippen LogP contribution is 2.28. The van der Waals surface area contributed by atoms with Gasteiger partial charge in [0.2, 0.25) is 5.95 Å². The van der Waals surface area contributed by atoms with Gasteiger partial charge >= 0.3 is 0 Å². The van der Waals surface area contributed by atoms with Crippen molar-refractivity contribution in [1.82, 2.24) is 19.7 Å². The highest BCUT2D eigenvalue weighted by molar-refractivity contribution is 6.10. The van der Waals surface area contributed by atoms with Crippen LogP contribution in [0.2, 0.25) is 0 Å². The van der Waals surface area contributed by atoms with Crippen LogP contribution in [0.1, 0.15) is 32.0 Å². The molecule has 2 N–H and O–H groups in total. The molecule has 3 rings (SSSR count). The standard InChI is InChI=1S/C21H21FN6/c1-21(2,3)13-25-11-15(9-23)17-5-4-16(10-24)27-20(17)14-6-7-28-18(22)12-26-19(28)8-14/h4-9,11-12,23,25H,13H2,1-3H3/b15-11+,23-9?. The van der Waals surface area contributed by atoms with Crippen LogP contribution in [0.25, 0.3) is 22.5 Å². The maximum atomic E-state index is 13.7. The van der Waals surface area contributed by atoms with E-state index in [1.807, 2.05) is 6.07 Å². The van der Waals surface area contributed by atoms with Gasteiger partial charge in [0.1, 0.15) is 17.4 Å². The quantitative estimate of drug-likeness (QED) is 0.658. The molecule has 0 radical (unpaired) electrons. The molecular formula is C21H21FN6. The van der Waals surface area contributed by atoms with Gasteiger partial charge in [0.15, 0.2) is 0 Å². The van der Waals surface area contributed by atoms with E-state index < -0.39 is 5.95 Å². The summed E-state index contributed by atoms with van der Waals surface area (Å²) < 4.78 is 15.0. The average molecular weight is 376 g/mol. The molecular weight excluding hydrogens is 355 g/mol. The number of allylic oxidation sites excluding steroid dienone is 1. The van der Waals surface area contributed by atoms with Crippen LogP contribution in [0.3, 0.4) is 0 Å². The highest BCUT2D eigenvalue weighted by Gasteiger charge is 2.14. The summed E-state index contributed by atoms with van der Waals surface area (Å²) in [6.07, 6.45) is 5.75. The van der Waals surface area contributed by atoms with Crippen LogP contribution in [-0.4, -0.2) is 27.1 Å². The lowest BCUT2D eigenvalue weighted by molar-refractivity contribution is 0.403. The number of hydrogen-bond donors (Lipinski definition) is 2. The molecule has 0 fully saturated rings. The number of nitrogens with zero attached hydrogens (tertiary/aromatic N) is 4. The van der Waals surface area contributed by atoms with Gasteiger partial charge in [-0.25, -0.2) is 9.97 Å². The Hall–Kier alpha value is -3.53. The third-order valence-electron chi connectivity index (χ3n) is 4.11. The molecule has 0 amide bonds. The lowest BCUT2D eigenvalue weighted by atomic mass is 9.97. The van der Waals surface area contributed by atoms with Crippen molar-refractivity contribution in [2.24, 2.45) is 5.41 Å². The highest BCUT2D eigenvalue weighted by atomic mass is 19.1. The first-order chi connectivity index (χ1) is 13.3. The first-order valence-electron chi connectivity index (χ1n) is 8.81. The molecule has 0 unspecified atom stereocenters. The zero-order chi connectivity index (χ0) is 20.3. The third-order valence-corrected chi connectivity index (χ3v) is 4.11. The van der Waals surface area contributed by atoms with Gasteiger partial charge in [0, 0.05) is 41.9 Å². The molecule has 0 saturated heterocycles. The van der Waals surface area contributed by atoms with Crippen molar-refractivity contribution < 1.29 is 4.39 Å². The summed E-state index contributed by atoms with van der Waals surface area (Å²) in [6, 6.07) is 8.86. The summed E-state index contributed by atoms with van der Waals surface area (Å²) in [6.45, 7) is 7.09. The number of rotatable bonds is 5. The monoisotopic (exact) mass is 376 g/mol. The van der Waals surface area contributed by atoms with E-state index in [0.29, 0.717) is 28.0 Å². The summed E-state index contributed by atoms with van der Waals surface area (Å²) >= 11 is 0. The summed E-state index contributed by atoms with van der Waals surface area (Å²) in [5.41, 5.74) is 3.35. The van der Waals surface area contributed by atoms with Crippen LogP contribution < -0.4 is 5.32 Å². The Morgan fingerprint density at radius 2 is 2.14 bits per heavy atom. The van der Waals surface area contributed by atoms with Crippen molar-refractivity contribution in [3.63, 3.8) is 0 Å². The van der Waals surface area contributed by atoms with Crippen LogP contribution in [0, 0.1) is 28.1 Å². The number of pyridine rings is 2. The first kappa shape index (κ1) is 19.2. The summed E-state index contributed by atoms with van der Waals surface area (Å²) in [5.74, 6) is -0.452. The lowest BCUT2D eigenvalue weighted by Crippen LogP contribution is -2.23. The molecule has 3 aromatic rings. The van der Waals surface area contributed by atoms with E-state index in [2.05, 4.69) is 36.1 Å². The number of fused-ring (bicyclic) bond motifs is 1. The minimum absolute atomic E-state index is 0.0885. The maximum Gasteiger partial charge on any atom is 0.217 e. The molecule has 0 atom stereocenters. The Balaban J connectivity index is 2.09. The Morgan fingerprint density at radius 3 is 2.82 bits per heavy atom. The van der Waals surface area contributed by atoms with Crippen molar-refractivity contribution in [2.45, 2.75) is 20.8 Å². The molecule has 3 aromatic heterocycles. The minimum atomic E-state index is -0.452. The van der Waals surface area contributed by atoms with Gasteiger partial charge in [-0.3, -0.25) is 4.40 Å². The summed E-state index contributed by atoms with van der Waals surface area (Å²) in [7, 11) is 0. The Bertz CT molecular complexity index is 1100. The van der Waals surface area contributed by atoms with Crippen LogP contribution in [-0.2, 0) is 0 Å². The van der Waals surface area contributed by atoms with E-state index in [0.717, 1.165) is 12.7 Å². The molecule has 3 heterocycles. The van der Waals surface area contributed by atoms with Gasteiger partial charge in [-0.1, -0.05) is 20.8 Å². The van der Waals surface area contributed by atoms with E-state index in [-0.39, 0.29) is 11.1 Å². The molecule has 0 saturated carbocycles. The predicted molar refractivity (Wildman–Crippen MR) is 107 cm³/mol. The molecule has 142 valence electrons. The molecule has 0 aromatic carbocycles. The second-order valence-electron chi connectivity index (χ2n) is 7.61. The number of halogens is 1. The second kappa shape index (κ2) is 7.61. The topological polar surface area (TPSA) is 89.9 Å². The number of aromatic nitrogens is 3. The molecule has 0 aliphatic heterocycles. The number of nitriles is 1. The Labute approximate surface area is 162 Å². The fourth-order valence-corrected chi connectivity index (χ4v) is 2.74. The number of imidazole rings is 1. The van der Waals surface area contributed by atoms with Crippen molar-refractivity contribution in [3.05, 3.63) is 60.1 Å². The normalized spacial score (nSPS) is 12.0. The minimum Gasteiger partial charge on any atom is -0.390 e. The van der Waals surface area contributed by atoms with Crippen molar-refractivity contribution in [2.75, 3.05) is 6.54 Å². The molecule has 0 aliphatic rings. The molecule has 0 spiro atoms. The maximum absolute atomic E-state index is 13.7. The second-order valence-corrected chi connectivity index (χ2v) is 7.61. The zero-order valence-corrected chi connectivity index (χ0v) is 16.0. The van der Waals surface area contributed by atoms with Crippen LogP contribution >= 0.6 is 0 Å². The van der Waals surface area contributed by atoms with E-state index in [1.165, 1.54) is 10.6 Å². The van der Waals surface area contributed by atoms with Gasteiger partial charge in [0.05, 0.1) is 11.9 Å². The number of hydrogen-bond acceptors (Lipinski definition) is 5. The largest absolute Gasteiger partial charge is 0.390 e. The van der Waals surface area contributed by atoms with Gasteiger partial charge in [-0.2, -0.15) is 9.65 Å². The van der Waals surface area contributed by atoms with E-state index >= 15 is 0 Å². The zero-order valence-electron chi connectivity index (χ0n) is 16.0. The number of nitrogens with one attached hydrogen (secondary N) is 2. The Kier molecular flexibility index (Phi) is 5.23.